The van der Waals surface area contributed by atoms with Crippen molar-refractivity contribution in [1.82, 2.24) is 9.97 Å². The molecule has 96 valence electrons. The van der Waals surface area contributed by atoms with Crippen LogP contribution in [0.4, 0.5) is 11.4 Å². The summed E-state index contributed by atoms with van der Waals surface area (Å²) in [6.07, 6.45) is 6.66. The van der Waals surface area contributed by atoms with E-state index in [2.05, 4.69) is 40.5 Å². The Balaban J connectivity index is 1.94. The molecule has 0 amide bonds. The molecule has 18 heavy (non-hydrogen) atoms. The molecule has 2 N–H and O–H groups in total. The van der Waals surface area contributed by atoms with Gasteiger partial charge in [0.15, 0.2) is 0 Å². The lowest BCUT2D eigenvalue weighted by molar-refractivity contribution is 1.09. The first-order valence-corrected chi connectivity index (χ1v) is 6.99. The van der Waals surface area contributed by atoms with E-state index in [0.29, 0.717) is 0 Å². The summed E-state index contributed by atoms with van der Waals surface area (Å²) >= 11 is 1.76. The molecule has 0 aliphatic rings. The molecule has 4 nitrogen and oxygen atoms in total. The number of aromatic nitrogens is 2. The largest absolute Gasteiger partial charge is 0.384 e. The predicted octanol–water partition coefficient (Wildman–Crippen LogP) is 3.14. The third-order valence-electron chi connectivity index (χ3n) is 2.51. The van der Waals surface area contributed by atoms with Gasteiger partial charge < -0.3 is 10.6 Å². The molecule has 0 unspecified atom stereocenters. The fourth-order valence-corrected chi connectivity index (χ4v) is 2.41. The van der Waals surface area contributed by atoms with Crippen LogP contribution in [0.5, 0.6) is 0 Å². The third kappa shape index (κ3) is 3.43. The fraction of sp³-hybridized carbons (Fsp3) is 0.385. The van der Waals surface area contributed by atoms with Crippen LogP contribution in [0.3, 0.4) is 0 Å². The van der Waals surface area contributed by atoms with Gasteiger partial charge in [0.05, 0.1) is 30.3 Å². The van der Waals surface area contributed by atoms with Crippen molar-refractivity contribution in [2.24, 2.45) is 0 Å². The van der Waals surface area contributed by atoms with Gasteiger partial charge in [0.25, 0.3) is 0 Å². The van der Waals surface area contributed by atoms with E-state index < -0.39 is 0 Å². The molecule has 0 aliphatic carbocycles. The van der Waals surface area contributed by atoms with Crippen molar-refractivity contribution in [3.8, 4) is 0 Å². The number of anilines is 2. The summed E-state index contributed by atoms with van der Waals surface area (Å²) in [7, 11) is 0. The molecule has 5 heteroatoms. The average Bonchev–Trinajstić information content (AvgIpc) is 2.85. The summed E-state index contributed by atoms with van der Waals surface area (Å²) in [5, 5.41) is 7.70. The second-order valence-electron chi connectivity index (χ2n) is 3.92. The Labute approximate surface area is 111 Å². The zero-order valence-corrected chi connectivity index (χ0v) is 11.5. The van der Waals surface area contributed by atoms with Crippen LogP contribution in [-0.4, -0.2) is 16.5 Å². The van der Waals surface area contributed by atoms with E-state index in [1.807, 2.05) is 18.6 Å². The number of aryl methyl sites for hydroxylation is 1. The zero-order chi connectivity index (χ0) is 12.8. The number of rotatable bonds is 6. The van der Waals surface area contributed by atoms with Crippen LogP contribution in [-0.2, 0) is 13.0 Å². The Bertz CT molecular complexity index is 495. The standard InChI is InChI=1S/C13H18N4S/c1-3-12-8-17-13(18-12)9-16-11-5-10(15-4-2)6-14-7-11/h5-8,15-16H,3-4,9H2,1-2H3. The number of pyridine rings is 1. The van der Waals surface area contributed by atoms with Crippen molar-refractivity contribution in [2.75, 3.05) is 17.2 Å². The lowest BCUT2D eigenvalue weighted by atomic mass is 10.3. The van der Waals surface area contributed by atoms with Crippen molar-refractivity contribution in [3.05, 3.63) is 34.5 Å². The van der Waals surface area contributed by atoms with E-state index in [9.17, 15) is 0 Å². The highest BCUT2D eigenvalue weighted by atomic mass is 32.1. The monoisotopic (exact) mass is 262 g/mol. The van der Waals surface area contributed by atoms with Gasteiger partial charge in [-0.25, -0.2) is 4.98 Å². The first-order chi connectivity index (χ1) is 8.81. The van der Waals surface area contributed by atoms with E-state index in [-0.39, 0.29) is 0 Å². The van der Waals surface area contributed by atoms with Gasteiger partial charge in [-0.05, 0) is 19.4 Å². The summed E-state index contributed by atoms with van der Waals surface area (Å²) < 4.78 is 0. The van der Waals surface area contributed by atoms with E-state index in [4.69, 9.17) is 0 Å². The molecule has 0 aliphatic heterocycles. The van der Waals surface area contributed by atoms with Crippen LogP contribution >= 0.6 is 11.3 Å². The van der Waals surface area contributed by atoms with Gasteiger partial charge in [-0.3, -0.25) is 4.98 Å². The summed E-state index contributed by atoms with van der Waals surface area (Å²) in [5.41, 5.74) is 2.05. The van der Waals surface area contributed by atoms with Gasteiger partial charge >= 0.3 is 0 Å². The maximum Gasteiger partial charge on any atom is 0.112 e. The van der Waals surface area contributed by atoms with Gasteiger partial charge in [-0.1, -0.05) is 6.92 Å². The number of hydrogen-bond acceptors (Lipinski definition) is 5. The summed E-state index contributed by atoms with van der Waals surface area (Å²) in [6, 6.07) is 2.06. The smallest absolute Gasteiger partial charge is 0.112 e. The van der Waals surface area contributed by atoms with E-state index in [0.717, 1.165) is 35.9 Å². The summed E-state index contributed by atoms with van der Waals surface area (Å²) in [4.78, 5) is 9.90. The third-order valence-corrected chi connectivity index (χ3v) is 3.65. The molecule has 0 spiro atoms. The second-order valence-corrected chi connectivity index (χ2v) is 5.12. The molecule has 0 saturated carbocycles. The SMILES string of the molecule is CCNc1cncc(NCc2ncc(CC)s2)c1. The van der Waals surface area contributed by atoms with E-state index in [1.54, 1.807) is 11.3 Å². The first-order valence-electron chi connectivity index (χ1n) is 6.18. The minimum absolute atomic E-state index is 0.752. The molecule has 0 saturated heterocycles. The van der Waals surface area contributed by atoms with Crippen LogP contribution in [0.15, 0.2) is 24.7 Å². The first kappa shape index (κ1) is 12.8. The Hall–Kier alpha value is -1.62. The number of thiazole rings is 1. The predicted molar refractivity (Wildman–Crippen MR) is 77.2 cm³/mol. The normalized spacial score (nSPS) is 10.3. The molecular weight excluding hydrogens is 244 g/mol. The Morgan fingerprint density at radius 1 is 1.11 bits per heavy atom. The molecule has 0 fully saturated rings. The van der Waals surface area contributed by atoms with Crippen LogP contribution in [0, 0.1) is 0 Å². The molecule has 0 atom stereocenters. The molecule has 0 aromatic carbocycles. The van der Waals surface area contributed by atoms with Gasteiger partial charge in [-0.15, -0.1) is 11.3 Å². The molecule has 2 heterocycles. The van der Waals surface area contributed by atoms with Crippen molar-refractivity contribution in [2.45, 2.75) is 26.8 Å². The maximum absolute atomic E-state index is 4.38. The van der Waals surface area contributed by atoms with Crippen LogP contribution < -0.4 is 10.6 Å². The number of hydrogen-bond donors (Lipinski definition) is 2. The van der Waals surface area contributed by atoms with Crippen molar-refractivity contribution in [1.29, 1.82) is 0 Å². The molecule has 2 aromatic heterocycles. The molecular formula is C13H18N4S. The van der Waals surface area contributed by atoms with Crippen molar-refractivity contribution in [3.63, 3.8) is 0 Å². The maximum atomic E-state index is 4.38. The van der Waals surface area contributed by atoms with Crippen LogP contribution in [0.25, 0.3) is 0 Å². The van der Waals surface area contributed by atoms with Gasteiger partial charge in [-0.2, -0.15) is 0 Å². The lowest BCUT2D eigenvalue weighted by Gasteiger charge is -2.07. The highest BCUT2D eigenvalue weighted by molar-refractivity contribution is 7.11. The Morgan fingerprint density at radius 2 is 1.89 bits per heavy atom. The summed E-state index contributed by atoms with van der Waals surface area (Å²) in [6.45, 7) is 5.87. The van der Waals surface area contributed by atoms with Crippen molar-refractivity contribution >= 4 is 22.7 Å². The lowest BCUT2D eigenvalue weighted by Crippen LogP contribution is -2.01. The van der Waals surface area contributed by atoms with Gasteiger partial charge in [0.1, 0.15) is 5.01 Å². The minimum Gasteiger partial charge on any atom is -0.384 e. The van der Waals surface area contributed by atoms with E-state index in [1.165, 1.54) is 4.88 Å². The minimum atomic E-state index is 0.752. The Kier molecular flexibility index (Phi) is 4.52. The van der Waals surface area contributed by atoms with Crippen LogP contribution in [0.2, 0.25) is 0 Å². The molecule has 2 rings (SSSR count). The quantitative estimate of drug-likeness (QED) is 0.839. The zero-order valence-electron chi connectivity index (χ0n) is 10.7. The second kappa shape index (κ2) is 6.35. The molecule has 0 bridgehead atoms. The highest BCUT2D eigenvalue weighted by Crippen LogP contribution is 2.17. The van der Waals surface area contributed by atoms with Crippen LogP contribution in [0.1, 0.15) is 23.7 Å². The topological polar surface area (TPSA) is 49.8 Å². The highest BCUT2D eigenvalue weighted by Gasteiger charge is 2.01. The van der Waals surface area contributed by atoms with Gasteiger partial charge in [0, 0.05) is 17.6 Å². The van der Waals surface area contributed by atoms with Crippen molar-refractivity contribution < 1.29 is 0 Å². The Morgan fingerprint density at radius 3 is 2.56 bits per heavy atom. The average molecular weight is 262 g/mol. The van der Waals surface area contributed by atoms with Gasteiger partial charge in [0.2, 0.25) is 0 Å². The number of nitrogens with one attached hydrogen (secondary N) is 2. The summed E-state index contributed by atoms with van der Waals surface area (Å²) in [5.74, 6) is 0. The fourth-order valence-electron chi connectivity index (χ4n) is 1.61. The molecule has 2 aromatic rings. The number of nitrogens with zero attached hydrogens (tertiary/aromatic N) is 2. The van der Waals surface area contributed by atoms with E-state index >= 15 is 0 Å². The molecule has 0 radical (unpaired) electrons.